The summed E-state index contributed by atoms with van der Waals surface area (Å²) in [6, 6.07) is 10.5. The molecule has 106 valence electrons. The zero-order valence-electron chi connectivity index (χ0n) is 11.0. The Labute approximate surface area is 131 Å². The zero-order chi connectivity index (χ0) is 14.7. The maximum absolute atomic E-state index is 13.3. The molecule has 0 aromatic heterocycles. The summed E-state index contributed by atoms with van der Waals surface area (Å²) >= 11 is 9.35. The second-order valence-electron chi connectivity index (χ2n) is 4.57. The van der Waals surface area contributed by atoms with E-state index in [0.717, 1.165) is 15.7 Å². The number of rotatable bonds is 4. The molecule has 0 radical (unpaired) electrons. The minimum Gasteiger partial charge on any atom is -0.377 e. The molecule has 1 unspecified atom stereocenters. The Morgan fingerprint density at radius 1 is 1.30 bits per heavy atom. The van der Waals surface area contributed by atoms with E-state index in [1.807, 2.05) is 18.2 Å². The average molecular weight is 358 g/mol. The van der Waals surface area contributed by atoms with Crippen molar-refractivity contribution in [3.05, 3.63) is 62.8 Å². The van der Waals surface area contributed by atoms with Gasteiger partial charge in [-0.1, -0.05) is 23.7 Å². The van der Waals surface area contributed by atoms with Crippen LogP contribution in [0.5, 0.6) is 0 Å². The topological polar surface area (TPSA) is 38.0 Å². The summed E-state index contributed by atoms with van der Waals surface area (Å²) in [5.74, 6) is -0.209. The molecule has 2 aromatic carbocycles. The number of halogens is 3. The van der Waals surface area contributed by atoms with Crippen LogP contribution in [0.4, 0.5) is 10.1 Å². The third-order valence-electron chi connectivity index (χ3n) is 3.08. The van der Waals surface area contributed by atoms with Crippen LogP contribution < -0.4 is 11.1 Å². The van der Waals surface area contributed by atoms with Crippen molar-refractivity contribution in [1.82, 2.24) is 0 Å². The van der Waals surface area contributed by atoms with E-state index in [-0.39, 0.29) is 11.9 Å². The second kappa shape index (κ2) is 6.57. The molecule has 0 saturated carbocycles. The number of benzene rings is 2. The van der Waals surface area contributed by atoms with Gasteiger partial charge >= 0.3 is 0 Å². The molecule has 20 heavy (non-hydrogen) atoms. The number of aryl methyl sites for hydroxylation is 1. The Morgan fingerprint density at radius 2 is 2.05 bits per heavy atom. The Balaban J connectivity index is 2.23. The van der Waals surface area contributed by atoms with Gasteiger partial charge in [0.2, 0.25) is 0 Å². The highest BCUT2D eigenvalue weighted by atomic mass is 79.9. The first kappa shape index (κ1) is 15.3. The largest absolute Gasteiger partial charge is 0.377 e. The van der Waals surface area contributed by atoms with Crippen LogP contribution in [0.2, 0.25) is 5.02 Å². The van der Waals surface area contributed by atoms with Crippen LogP contribution in [-0.2, 0) is 0 Å². The van der Waals surface area contributed by atoms with Gasteiger partial charge in [-0.05, 0) is 58.2 Å². The van der Waals surface area contributed by atoms with Gasteiger partial charge in [-0.15, -0.1) is 0 Å². The summed E-state index contributed by atoms with van der Waals surface area (Å²) in [5, 5.41) is 3.97. The smallest absolute Gasteiger partial charge is 0.126 e. The molecule has 0 fully saturated rings. The minimum atomic E-state index is -0.209. The van der Waals surface area contributed by atoms with Crippen molar-refractivity contribution in [2.45, 2.75) is 13.0 Å². The lowest BCUT2D eigenvalue weighted by Crippen LogP contribution is -2.20. The van der Waals surface area contributed by atoms with E-state index in [9.17, 15) is 4.39 Å². The molecule has 3 N–H and O–H groups in total. The van der Waals surface area contributed by atoms with E-state index in [2.05, 4.69) is 21.2 Å². The number of hydrogen-bond donors (Lipinski definition) is 2. The molecule has 0 saturated heterocycles. The van der Waals surface area contributed by atoms with E-state index in [4.69, 9.17) is 17.3 Å². The van der Waals surface area contributed by atoms with E-state index in [0.29, 0.717) is 17.1 Å². The number of hydrogen-bond acceptors (Lipinski definition) is 2. The average Bonchev–Trinajstić information content (AvgIpc) is 2.43. The molecule has 2 rings (SSSR count). The van der Waals surface area contributed by atoms with Gasteiger partial charge in [-0.3, -0.25) is 0 Å². The summed E-state index contributed by atoms with van der Waals surface area (Å²) in [4.78, 5) is 0. The van der Waals surface area contributed by atoms with E-state index in [1.54, 1.807) is 19.1 Å². The number of anilines is 1. The van der Waals surface area contributed by atoms with Crippen molar-refractivity contribution in [2.75, 3.05) is 11.9 Å². The highest BCUT2D eigenvalue weighted by molar-refractivity contribution is 9.10. The molecule has 2 nitrogen and oxygen atoms in total. The molecule has 0 aliphatic heterocycles. The maximum Gasteiger partial charge on any atom is 0.126 e. The molecule has 5 heteroatoms. The Morgan fingerprint density at radius 3 is 2.65 bits per heavy atom. The number of nitrogens with two attached hydrogens (primary N) is 1. The third kappa shape index (κ3) is 3.51. The van der Waals surface area contributed by atoms with Crippen molar-refractivity contribution in [3.63, 3.8) is 0 Å². The van der Waals surface area contributed by atoms with E-state index < -0.39 is 0 Å². The first-order valence-corrected chi connectivity index (χ1v) is 7.36. The Bertz CT molecular complexity index is 619. The van der Waals surface area contributed by atoms with Crippen LogP contribution in [0.15, 0.2) is 40.9 Å². The fraction of sp³-hybridized carbons (Fsp3) is 0.200. The van der Waals surface area contributed by atoms with Gasteiger partial charge < -0.3 is 11.1 Å². The lowest BCUT2D eigenvalue weighted by atomic mass is 10.0. The summed E-state index contributed by atoms with van der Waals surface area (Å²) < 4.78 is 14.1. The lowest BCUT2D eigenvalue weighted by molar-refractivity contribution is 0.616. The maximum atomic E-state index is 13.3. The summed E-state index contributed by atoms with van der Waals surface area (Å²) in [7, 11) is 0. The molecule has 0 aliphatic carbocycles. The van der Waals surface area contributed by atoms with Crippen LogP contribution in [0.3, 0.4) is 0 Å². The quantitative estimate of drug-likeness (QED) is 0.835. The molecule has 0 bridgehead atoms. The summed E-state index contributed by atoms with van der Waals surface area (Å²) in [6.07, 6.45) is 0. The monoisotopic (exact) mass is 356 g/mol. The first-order valence-electron chi connectivity index (χ1n) is 6.19. The lowest BCUT2D eigenvalue weighted by Gasteiger charge is -2.19. The van der Waals surface area contributed by atoms with Gasteiger partial charge in [-0.25, -0.2) is 4.39 Å². The molecule has 0 spiro atoms. The van der Waals surface area contributed by atoms with Crippen molar-refractivity contribution in [2.24, 2.45) is 5.73 Å². The molecule has 0 amide bonds. The number of nitrogens with one attached hydrogen (secondary N) is 1. The normalized spacial score (nSPS) is 12.2. The minimum absolute atomic E-state index is 0.0811. The third-order valence-corrected chi connectivity index (χ3v) is 4.29. The first-order chi connectivity index (χ1) is 9.51. The molecular formula is C15H15BrClFN2. The Hall–Kier alpha value is -1.10. The molecule has 0 heterocycles. The SMILES string of the molecule is Cc1cc(C(CN)Nc2ccc(Cl)c(Br)c2)ccc1F. The van der Waals surface area contributed by atoms with Crippen molar-refractivity contribution in [1.29, 1.82) is 0 Å². The van der Waals surface area contributed by atoms with Crippen LogP contribution in [0.1, 0.15) is 17.2 Å². The zero-order valence-corrected chi connectivity index (χ0v) is 13.3. The summed E-state index contributed by atoms with van der Waals surface area (Å²) in [5.41, 5.74) is 8.28. The van der Waals surface area contributed by atoms with Gasteiger partial charge in [0.05, 0.1) is 11.1 Å². The van der Waals surface area contributed by atoms with Crippen LogP contribution in [0.25, 0.3) is 0 Å². The second-order valence-corrected chi connectivity index (χ2v) is 5.83. The molecule has 1 atom stereocenters. The van der Waals surface area contributed by atoms with Crippen molar-refractivity contribution >= 4 is 33.2 Å². The molecular weight excluding hydrogens is 343 g/mol. The fourth-order valence-electron chi connectivity index (χ4n) is 1.95. The van der Waals surface area contributed by atoms with Crippen LogP contribution in [-0.4, -0.2) is 6.54 Å². The van der Waals surface area contributed by atoms with Crippen LogP contribution in [0, 0.1) is 12.7 Å². The predicted molar refractivity (Wildman–Crippen MR) is 85.7 cm³/mol. The highest BCUT2D eigenvalue weighted by Crippen LogP contribution is 2.28. The van der Waals surface area contributed by atoms with Gasteiger partial charge in [0.15, 0.2) is 0 Å². The molecule has 2 aromatic rings. The van der Waals surface area contributed by atoms with Gasteiger partial charge in [-0.2, -0.15) is 0 Å². The van der Waals surface area contributed by atoms with E-state index in [1.165, 1.54) is 6.07 Å². The standard InChI is InChI=1S/C15H15BrClFN2/c1-9-6-10(2-5-14(9)18)15(8-19)20-11-3-4-13(17)12(16)7-11/h2-7,15,20H,8,19H2,1H3. The fourth-order valence-corrected chi connectivity index (χ4v) is 2.45. The van der Waals surface area contributed by atoms with Crippen molar-refractivity contribution in [3.8, 4) is 0 Å². The van der Waals surface area contributed by atoms with Gasteiger partial charge in [0.25, 0.3) is 0 Å². The highest BCUT2D eigenvalue weighted by Gasteiger charge is 2.11. The van der Waals surface area contributed by atoms with E-state index >= 15 is 0 Å². The Kier molecular flexibility index (Phi) is 5.02. The predicted octanol–water partition coefficient (Wildman–Crippen LogP) is 4.66. The molecule has 0 aliphatic rings. The van der Waals surface area contributed by atoms with Crippen molar-refractivity contribution < 1.29 is 4.39 Å². The van der Waals surface area contributed by atoms with Gasteiger partial charge in [0.1, 0.15) is 5.82 Å². The summed E-state index contributed by atoms with van der Waals surface area (Å²) in [6.45, 7) is 2.15. The van der Waals surface area contributed by atoms with Gasteiger partial charge in [0, 0.05) is 16.7 Å². The van der Waals surface area contributed by atoms with Crippen LogP contribution >= 0.6 is 27.5 Å².